The van der Waals surface area contributed by atoms with Crippen molar-refractivity contribution in [3.63, 3.8) is 0 Å². The average Bonchev–Trinajstić information content (AvgIpc) is 2.91. The molecular formula is C22H26O5. The van der Waals surface area contributed by atoms with Gasteiger partial charge in [0.15, 0.2) is 0 Å². The molecule has 0 aliphatic heterocycles. The van der Waals surface area contributed by atoms with Crippen molar-refractivity contribution in [3.05, 3.63) is 23.3 Å². The van der Waals surface area contributed by atoms with Crippen LogP contribution >= 0.6 is 0 Å². The van der Waals surface area contributed by atoms with Crippen LogP contribution in [-0.4, -0.2) is 17.7 Å². The molecule has 0 saturated heterocycles. The summed E-state index contributed by atoms with van der Waals surface area (Å²) in [6.07, 6.45) is 5.15. The summed E-state index contributed by atoms with van der Waals surface area (Å²) in [6, 6.07) is 3.47. The second-order valence-electron chi connectivity index (χ2n) is 8.47. The van der Waals surface area contributed by atoms with E-state index in [2.05, 4.69) is 6.92 Å². The van der Waals surface area contributed by atoms with Gasteiger partial charge >= 0.3 is 11.9 Å². The molecule has 5 nitrogen and oxygen atoms in total. The standard InChI is InChI=1S/C22H26O5/c1-12(23)26-18-7-8-19(27-13(2)24)21-15-10-11-22(3)17(6-9-20(22)25)14(15)4-5-16(18)21/h7-8,14-15,17H,4-6,9-11H2,1-3H3/t14?,15?,17?,22-/m0/s1. The lowest BCUT2D eigenvalue weighted by molar-refractivity contribution is -0.133. The highest BCUT2D eigenvalue weighted by molar-refractivity contribution is 5.87. The van der Waals surface area contributed by atoms with Gasteiger partial charge in [-0.3, -0.25) is 14.4 Å². The van der Waals surface area contributed by atoms with E-state index < -0.39 is 0 Å². The van der Waals surface area contributed by atoms with Crippen molar-refractivity contribution in [2.45, 2.75) is 65.2 Å². The molecule has 0 N–H and O–H groups in total. The molecule has 0 bridgehead atoms. The molecule has 27 heavy (non-hydrogen) atoms. The number of esters is 2. The van der Waals surface area contributed by atoms with Crippen molar-refractivity contribution >= 4 is 17.7 Å². The first-order chi connectivity index (χ1) is 12.8. The van der Waals surface area contributed by atoms with Crippen LogP contribution in [0.1, 0.15) is 69.9 Å². The van der Waals surface area contributed by atoms with E-state index in [9.17, 15) is 14.4 Å². The Morgan fingerprint density at radius 1 is 1.00 bits per heavy atom. The highest BCUT2D eigenvalue weighted by Crippen LogP contribution is 2.61. The van der Waals surface area contributed by atoms with E-state index in [-0.39, 0.29) is 23.3 Å². The van der Waals surface area contributed by atoms with Gasteiger partial charge in [0, 0.05) is 36.8 Å². The Balaban J connectivity index is 1.78. The lowest BCUT2D eigenvalue weighted by atomic mass is 9.55. The third-order valence-corrected chi connectivity index (χ3v) is 7.03. The fourth-order valence-corrected chi connectivity index (χ4v) is 5.91. The van der Waals surface area contributed by atoms with Gasteiger partial charge in [-0.15, -0.1) is 0 Å². The molecule has 1 aromatic carbocycles. The average molecular weight is 370 g/mol. The van der Waals surface area contributed by atoms with Crippen molar-refractivity contribution in [1.29, 1.82) is 0 Å². The zero-order valence-corrected chi connectivity index (χ0v) is 16.2. The summed E-state index contributed by atoms with van der Waals surface area (Å²) in [7, 11) is 0. The zero-order valence-electron chi connectivity index (χ0n) is 16.2. The Hall–Kier alpha value is -2.17. The topological polar surface area (TPSA) is 69.7 Å². The molecule has 3 aliphatic carbocycles. The summed E-state index contributed by atoms with van der Waals surface area (Å²) in [4.78, 5) is 35.7. The van der Waals surface area contributed by atoms with Crippen LogP contribution in [0.15, 0.2) is 12.1 Å². The Morgan fingerprint density at radius 3 is 2.37 bits per heavy atom. The lowest BCUT2D eigenvalue weighted by Gasteiger charge is -2.48. The molecule has 3 unspecified atom stereocenters. The molecule has 0 aromatic heterocycles. The molecular weight excluding hydrogens is 344 g/mol. The van der Waals surface area contributed by atoms with Gasteiger partial charge in [-0.25, -0.2) is 0 Å². The molecule has 3 aliphatic rings. The highest BCUT2D eigenvalue weighted by atomic mass is 16.5. The van der Waals surface area contributed by atoms with E-state index in [0.29, 0.717) is 35.5 Å². The fourth-order valence-electron chi connectivity index (χ4n) is 5.91. The van der Waals surface area contributed by atoms with Gasteiger partial charge in [0.05, 0.1) is 0 Å². The molecule has 4 rings (SSSR count). The number of hydrogen-bond donors (Lipinski definition) is 0. The van der Waals surface area contributed by atoms with Crippen molar-refractivity contribution in [2.75, 3.05) is 0 Å². The summed E-state index contributed by atoms with van der Waals surface area (Å²) < 4.78 is 11.0. The first kappa shape index (κ1) is 18.2. The Morgan fingerprint density at radius 2 is 1.67 bits per heavy atom. The van der Waals surface area contributed by atoms with Gasteiger partial charge in [-0.2, -0.15) is 0 Å². The van der Waals surface area contributed by atoms with Crippen LogP contribution in [0.3, 0.4) is 0 Å². The molecule has 144 valence electrons. The first-order valence-electron chi connectivity index (χ1n) is 9.87. The van der Waals surface area contributed by atoms with E-state index in [0.717, 1.165) is 43.2 Å². The van der Waals surface area contributed by atoms with Gasteiger partial charge in [0.25, 0.3) is 0 Å². The van der Waals surface area contributed by atoms with Gasteiger partial charge in [-0.05, 0) is 62.0 Å². The zero-order chi connectivity index (χ0) is 19.3. The van der Waals surface area contributed by atoms with Crippen LogP contribution in [0.25, 0.3) is 0 Å². The second-order valence-corrected chi connectivity index (χ2v) is 8.47. The largest absolute Gasteiger partial charge is 0.426 e. The Bertz CT molecular complexity index is 826. The Kier molecular flexibility index (Phi) is 4.36. The van der Waals surface area contributed by atoms with Gasteiger partial charge in [0.2, 0.25) is 0 Å². The maximum atomic E-state index is 12.5. The summed E-state index contributed by atoms with van der Waals surface area (Å²) in [5.74, 6) is 1.89. The summed E-state index contributed by atoms with van der Waals surface area (Å²) in [5.41, 5.74) is 1.80. The smallest absolute Gasteiger partial charge is 0.308 e. The number of ketones is 1. The SMILES string of the molecule is CC(=O)Oc1ccc(OC(C)=O)c2c1CCC1C2CC[C@]2(C)C(=O)CCC12. The molecule has 1 aromatic rings. The Labute approximate surface area is 159 Å². The second kappa shape index (κ2) is 6.47. The number of ether oxygens (including phenoxy) is 2. The fraction of sp³-hybridized carbons (Fsp3) is 0.591. The minimum Gasteiger partial charge on any atom is -0.426 e. The monoisotopic (exact) mass is 370 g/mol. The summed E-state index contributed by atoms with van der Waals surface area (Å²) >= 11 is 0. The van der Waals surface area contributed by atoms with Crippen molar-refractivity contribution in [2.24, 2.45) is 17.3 Å². The van der Waals surface area contributed by atoms with Crippen LogP contribution in [-0.2, 0) is 20.8 Å². The minimum atomic E-state index is -0.351. The van der Waals surface area contributed by atoms with Crippen LogP contribution < -0.4 is 9.47 Å². The van der Waals surface area contributed by atoms with E-state index in [1.165, 1.54) is 13.8 Å². The quantitative estimate of drug-likeness (QED) is 0.582. The molecule has 0 spiro atoms. The van der Waals surface area contributed by atoms with Crippen LogP contribution in [0.4, 0.5) is 0 Å². The third-order valence-electron chi connectivity index (χ3n) is 7.03. The summed E-state index contributed by atoms with van der Waals surface area (Å²) in [6.45, 7) is 4.94. The highest BCUT2D eigenvalue weighted by Gasteiger charge is 2.55. The van der Waals surface area contributed by atoms with Crippen molar-refractivity contribution < 1.29 is 23.9 Å². The van der Waals surface area contributed by atoms with E-state index >= 15 is 0 Å². The number of carbonyl (C=O) groups is 3. The number of carbonyl (C=O) groups excluding carboxylic acids is 3. The molecule has 0 heterocycles. The van der Waals surface area contributed by atoms with E-state index in [1.54, 1.807) is 12.1 Å². The maximum absolute atomic E-state index is 12.5. The van der Waals surface area contributed by atoms with Crippen molar-refractivity contribution in [3.8, 4) is 11.5 Å². The van der Waals surface area contributed by atoms with E-state index in [4.69, 9.17) is 9.47 Å². The van der Waals surface area contributed by atoms with Crippen LogP contribution in [0, 0.1) is 17.3 Å². The number of benzene rings is 1. The van der Waals surface area contributed by atoms with Gasteiger partial charge in [-0.1, -0.05) is 6.92 Å². The maximum Gasteiger partial charge on any atom is 0.308 e. The van der Waals surface area contributed by atoms with Crippen molar-refractivity contribution in [1.82, 2.24) is 0 Å². The molecule has 0 amide bonds. The van der Waals surface area contributed by atoms with Crippen LogP contribution in [0.5, 0.6) is 11.5 Å². The normalized spacial score (nSPS) is 31.5. The first-order valence-corrected chi connectivity index (χ1v) is 9.87. The number of hydrogen-bond acceptors (Lipinski definition) is 5. The summed E-state index contributed by atoms with van der Waals surface area (Å²) in [5, 5.41) is 0. The number of fused-ring (bicyclic) bond motifs is 5. The molecule has 2 fully saturated rings. The lowest BCUT2D eigenvalue weighted by Crippen LogP contribution is -2.42. The predicted octanol–water partition coefficient (Wildman–Crippen LogP) is 3.96. The predicted molar refractivity (Wildman–Crippen MR) is 98.7 cm³/mol. The molecule has 4 atom stereocenters. The molecule has 2 saturated carbocycles. The van der Waals surface area contributed by atoms with Crippen LogP contribution in [0.2, 0.25) is 0 Å². The van der Waals surface area contributed by atoms with Gasteiger partial charge in [0.1, 0.15) is 17.3 Å². The number of Topliss-reactive ketones (excluding diaryl/α,β-unsaturated/α-hetero) is 1. The van der Waals surface area contributed by atoms with E-state index in [1.807, 2.05) is 0 Å². The molecule has 5 heteroatoms. The number of rotatable bonds is 2. The minimum absolute atomic E-state index is 0.201. The van der Waals surface area contributed by atoms with Gasteiger partial charge < -0.3 is 9.47 Å². The third kappa shape index (κ3) is 2.88. The molecule has 0 radical (unpaired) electrons.